The molecule has 1 atom stereocenters. The Morgan fingerprint density at radius 1 is 1.00 bits per heavy atom. The second kappa shape index (κ2) is 10.7. The first-order valence-corrected chi connectivity index (χ1v) is 10.9. The maximum Gasteiger partial charge on any atom is 0.338 e. The van der Waals surface area contributed by atoms with E-state index in [1.807, 2.05) is 57.2 Å². The fraction of sp³-hybridized carbons (Fsp3) is 0.360. The van der Waals surface area contributed by atoms with Gasteiger partial charge in [0.25, 0.3) is 0 Å². The van der Waals surface area contributed by atoms with E-state index in [1.54, 1.807) is 19.1 Å². The summed E-state index contributed by atoms with van der Waals surface area (Å²) in [5.74, 6) is 0.604. The van der Waals surface area contributed by atoms with Crippen molar-refractivity contribution in [3.63, 3.8) is 0 Å². The van der Waals surface area contributed by atoms with Gasteiger partial charge in [0.05, 0.1) is 24.8 Å². The molecule has 0 spiro atoms. The Morgan fingerprint density at radius 3 is 2.41 bits per heavy atom. The second-order valence-electron chi connectivity index (χ2n) is 7.65. The van der Waals surface area contributed by atoms with Crippen molar-refractivity contribution >= 4 is 12.0 Å². The fourth-order valence-corrected chi connectivity index (χ4v) is 3.55. The molecule has 1 heterocycles. The van der Waals surface area contributed by atoms with Crippen LogP contribution >= 0.6 is 0 Å². The van der Waals surface area contributed by atoms with Crippen molar-refractivity contribution in [3.05, 3.63) is 70.9 Å². The Kier molecular flexibility index (Phi) is 7.76. The van der Waals surface area contributed by atoms with Gasteiger partial charge in [0.2, 0.25) is 0 Å². The third kappa shape index (κ3) is 5.41. The number of allylic oxidation sites excluding steroid dienone is 1. The number of esters is 1. The molecule has 7 nitrogen and oxygen atoms in total. The Labute approximate surface area is 188 Å². The first-order chi connectivity index (χ1) is 15.4. The van der Waals surface area contributed by atoms with E-state index in [0.717, 1.165) is 5.56 Å². The van der Waals surface area contributed by atoms with E-state index >= 15 is 0 Å². The molecular weight excluding hydrogens is 408 g/mol. The van der Waals surface area contributed by atoms with Crippen LogP contribution in [0.2, 0.25) is 0 Å². The van der Waals surface area contributed by atoms with Gasteiger partial charge in [-0.05, 0) is 43.0 Å². The van der Waals surface area contributed by atoms with Crippen molar-refractivity contribution in [2.75, 3.05) is 13.2 Å². The maximum absolute atomic E-state index is 12.8. The average Bonchev–Trinajstić information content (AvgIpc) is 2.78. The van der Waals surface area contributed by atoms with Crippen LogP contribution in [0, 0.1) is 5.92 Å². The van der Waals surface area contributed by atoms with Crippen LogP contribution in [0.5, 0.6) is 11.5 Å². The third-order valence-electron chi connectivity index (χ3n) is 5.01. The number of hydrogen-bond donors (Lipinski definition) is 2. The number of nitrogens with one attached hydrogen (secondary N) is 2. The lowest BCUT2D eigenvalue weighted by Gasteiger charge is -2.31. The molecule has 2 aromatic carbocycles. The fourth-order valence-electron chi connectivity index (χ4n) is 3.55. The number of amides is 2. The number of carbonyl (C=O) groups excluding carboxylic acids is 2. The summed E-state index contributed by atoms with van der Waals surface area (Å²) in [4.78, 5) is 25.2. The van der Waals surface area contributed by atoms with Crippen molar-refractivity contribution in [2.24, 2.45) is 5.92 Å². The summed E-state index contributed by atoms with van der Waals surface area (Å²) in [5.41, 5.74) is 2.69. The predicted molar refractivity (Wildman–Crippen MR) is 121 cm³/mol. The molecule has 32 heavy (non-hydrogen) atoms. The molecule has 2 amide bonds. The summed E-state index contributed by atoms with van der Waals surface area (Å²) in [6, 6.07) is 14.3. The van der Waals surface area contributed by atoms with Crippen LogP contribution < -0.4 is 20.1 Å². The molecule has 3 rings (SSSR count). The SMILES string of the molecule is CCOC(=O)C1=C(C(C)C)NC(=O)NC1c1ccc(OCc2ccccc2)c(OCC)c1. The van der Waals surface area contributed by atoms with Crippen LogP contribution in [0.25, 0.3) is 0 Å². The minimum absolute atomic E-state index is 0.0669. The van der Waals surface area contributed by atoms with Crippen LogP contribution in [0.1, 0.15) is 44.9 Å². The molecule has 170 valence electrons. The number of carbonyl (C=O) groups is 2. The quantitative estimate of drug-likeness (QED) is 0.564. The molecule has 2 aromatic rings. The van der Waals surface area contributed by atoms with Crippen LogP contribution in [-0.2, 0) is 16.1 Å². The van der Waals surface area contributed by atoms with Gasteiger partial charge in [-0.1, -0.05) is 50.2 Å². The first-order valence-electron chi connectivity index (χ1n) is 10.9. The summed E-state index contributed by atoms with van der Waals surface area (Å²) in [5, 5.41) is 5.62. The molecular formula is C25H30N2O5. The van der Waals surface area contributed by atoms with E-state index in [2.05, 4.69) is 10.6 Å². The molecule has 1 unspecified atom stereocenters. The monoisotopic (exact) mass is 438 g/mol. The standard InChI is InChI=1S/C25H30N2O5/c1-5-30-20-14-18(12-13-19(20)32-15-17-10-8-7-9-11-17)23-21(24(28)31-6-2)22(16(3)4)26-25(29)27-23/h7-14,16,23H,5-6,15H2,1-4H3,(H2,26,27,29). The van der Waals surface area contributed by atoms with Crippen molar-refractivity contribution < 1.29 is 23.8 Å². The van der Waals surface area contributed by atoms with Gasteiger partial charge in [0.15, 0.2) is 11.5 Å². The normalized spacial score (nSPS) is 15.8. The number of rotatable bonds is 9. The molecule has 0 aliphatic carbocycles. The van der Waals surface area contributed by atoms with Gasteiger partial charge < -0.3 is 24.8 Å². The molecule has 1 aliphatic rings. The molecule has 0 saturated heterocycles. The zero-order valence-corrected chi connectivity index (χ0v) is 18.9. The third-order valence-corrected chi connectivity index (χ3v) is 5.01. The molecule has 0 fully saturated rings. The van der Waals surface area contributed by atoms with Crippen molar-refractivity contribution in [3.8, 4) is 11.5 Å². The molecule has 0 saturated carbocycles. The summed E-state index contributed by atoms with van der Waals surface area (Å²) in [6.07, 6.45) is 0. The van der Waals surface area contributed by atoms with Crippen molar-refractivity contribution in [1.29, 1.82) is 0 Å². The van der Waals surface area contributed by atoms with Crippen LogP contribution in [-0.4, -0.2) is 25.2 Å². The largest absolute Gasteiger partial charge is 0.490 e. The lowest BCUT2D eigenvalue weighted by atomic mass is 9.91. The van der Waals surface area contributed by atoms with Gasteiger partial charge in [-0.3, -0.25) is 0 Å². The Morgan fingerprint density at radius 2 is 1.75 bits per heavy atom. The van der Waals surface area contributed by atoms with Gasteiger partial charge in [0.1, 0.15) is 6.61 Å². The van der Waals surface area contributed by atoms with E-state index < -0.39 is 12.0 Å². The highest BCUT2D eigenvalue weighted by atomic mass is 16.5. The zero-order valence-electron chi connectivity index (χ0n) is 18.9. The molecule has 1 aliphatic heterocycles. The number of urea groups is 1. The Balaban J connectivity index is 1.96. The summed E-state index contributed by atoms with van der Waals surface area (Å²) >= 11 is 0. The lowest BCUT2D eigenvalue weighted by Crippen LogP contribution is -2.47. The van der Waals surface area contributed by atoms with Crippen molar-refractivity contribution in [1.82, 2.24) is 10.6 Å². The molecule has 0 bridgehead atoms. The first kappa shape index (κ1) is 23.2. The van der Waals surface area contributed by atoms with Gasteiger partial charge >= 0.3 is 12.0 Å². The van der Waals surface area contributed by atoms with E-state index in [-0.39, 0.29) is 18.6 Å². The summed E-state index contributed by atoms with van der Waals surface area (Å²) < 4.78 is 17.1. The van der Waals surface area contributed by atoms with E-state index in [9.17, 15) is 9.59 Å². The maximum atomic E-state index is 12.8. The smallest absolute Gasteiger partial charge is 0.338 e. The minimum Gasteiger partial charge on any atom is -0.490 e. The highest BCUT2D eigenvalue weighted by molar-refractivity contribution is 5.95. The van der Waals surface area contributed by atoms with Crippen LogP contribution in [0.4, 0.5) is 4.79 Å². The summed E-state index contributed by atoms with van der Waals surface area (Å²) in [6.45, 7) is 8.57. The number of hydrogen-bond acceptors (Lipinski definition) is 5. The highest BCUT2D eigenvalue weighted by Crippen LogP contribution is 2.36. The van der Waals surface area contributed by atoms with Gasteiger partial charge in [-0.15, -0.1) is 0 Å². The van der Waals surface area contributed by atoms with Gasteiger partial charge in [-0.2, -0.15) is 0 Å². The molecule has 2 N–H and O–H groups in total. The molecule has 7 heteroatoms. The van der Waals surface area contributed by atoms with Crippen LogP contribution in [0.15, 0.2) is 59.8 Å². The minimum atomic E-state index is -0.664. The van der Waals surface area contributed by atoms with Crippen molar-refractivity contribution in [2.45, 2.75) is 40.3 Å². The number of benzene rings is 2. The summed E-state index contributed by atoms with van der Waals surface area (Å²) in [7, 11) is 0. The lowest BCUT2D eigenvalue weighted by molar-refractivity contribution is -0.139. The van der Waals surface area contributed by atoms with Gasteiger partial charge in [0, 0.05) is 5.70 Å². The van der Waals surface area contributed by atoms with E-state index in [0.29, 0.717) is 41.5 Å². The predicted octanol–water partition coefficient (Wildman–Crippen LogP) is 4.49. The Hall–Kier alpha value is -3.48. The van der Waals surface area contributed by atoms with E-state index in [1.165, 1.54) is 0 Å². The zero-order chi connectivity index (χ0) is 23.1. The average molecular weight is 439 g/mol. The molecule has 0 radical (unpaired) electrons. The van der Waals surface area contributed by atoms with Crippen LogP contribution in [0.3, 0.4) is 0 Å². The Bertz CT molecular complexity index is 985. The van der Waals surface area contributed by atoms with Gasteiger partial charge in [-0.25, -0.2) is 9.59 Å². The molecule has 0 aromatic heterocycles. The topological polar surface area (TPSA) is 85.9 Å². The van der Waals surface area contributed by atoms with E-state index in [4.69, 9.17) is 14.2 Å². The second-order valence-corrected chi connectivity index (χ2v) is 7.65. The number of ether oxygens (including phenoxy) is 3. The highest BCUT2D eigenvalue weighted by Gasteiger charge is 2.35.